The molecule has 0 radical (unpaired) electrons. The van der Waals surface area contributed by atoms with Gasteiger partial charge in [-0.2, -0.15) is 11.8 Å². The first-order chi connectivity index (χ1) is 29.4. The molecule has 1 aliphatic rings. The molecule has 1 fully saturated rings. The fourth-order valence-corrected chi connectivity index (χ4v) is 7.69. The van der Waals surface area contributed by atoms with E-state index in [4.69, 9.17) is 5.73 Å². The summed E-state index contributed by atoms with van der Waals surface area (Å²) in [6, 6.07) is 3.87. The van der Waals surface area contributed by atoms with E-state index in [9.17, 15) is 53.7 Å². The van der Waals surface area contributed by atoms with E-state index in [-0.39, 0.29) is 30.3 Å². The largest absolute Gasteiger partial charge is 0.508 e. The van der Waals surface area contributed by atoms with E-state index in [2.05, 4.69) is 37.2 Å². The summed E-state index contributed by atoms with van der Waals surface area (Å²) in [7, 11) is 0. The van der Waals surface area contributed by atoms with Crippen molar-refractivity contribution in [1.82, 2.24) is 37.2 Å². The van der Waals surface area contributed by atoms with E-state index >= 15 is 0 Å². The normalized spacial score (nSPS) is 22.9. The van der Waals surface area contributed by atoms with Crippen LogP contribution in [-0.4, -0.2) is 141 Å². The Balaban J connectivity index is 1.88. The van der Waals surface area contributed by atoms with Gasteiger partial charge < -0.3 is 58.3 Å². The number of nitrogens with two attached hydrogens (primary N) is 1. The molecule has 21 heteroatoms. The van der Waals surface area contributed by atoms with E-state index < -0.39 is 113 Å². The number of hydrogen-bond acceptors (Lipinski definition) is 14. The van der Waals surface area contributed by atoms with E-state index in [0.717, 1.165) is 0 Å². The third-order valence-electron chi connectivity index (χ3n) is 10.0. The Kier molecular flexibility index (Phi) is 20.6. The fraction of sp³-hybridized carbons (Fsp3) is 0.512. The molecule has 340 valence electrons. The molecule has 1 heterocycles. The van der Waals surface area contributed by atoms with Crippen molar-refractivity contribution in [3.63, 3.8) is 0 Å². The average Bonchev–Trinajstić information content (AvgIpc) is 3.24. The first-order valence-corrected chi connectivity index (χ1v) is 22.4. The van der Waals surface area contributed by atoms with Crippen LogP contribution in [0.5, 0.6) is 5.75 Å². The molecule has 0 unspecified atom stereocenters. The van der Waals surface area contributed by atoms with Crippen molar-refractivity contribution in [3.05, 3.63) is 65.7 Å². The van der Waals surface area contributed by atoms with Crippen LogP contribution in [0.3, 0.4) is 0 Å². The molecular formula is C41H58N8O11S2. The molecule has 2 aromatic rings. The lowest BCUT2D eigenvalue weighted by molar-refractivity contribution is -0.136. The Morgan fingerprint density at radius 1 is 0.839 bits per heavy atom. The van der Waals surface area contributed by atoms with E-state index in [1.165, 1.54) is 37.7 Å². The smallest absolute Gasteiger partial charge is 0.245 e. The zero-order valence-electron chi connectivity index (χ0n) is 35.2. The maximum atomic E-state index is 13.9. The quantitative estimate of drug-likeness (QED) is 0.0867. The molecule has 0 aromatic heterocycles. The van der Waals surface area contributed by atoms with Crippen molar-refractivity contribution >= 4 is 70.0 Å². The highest BCUT2D eigenvalue weighted by Crippen LogP contribution is 2.16. The van der Waals surface area contributed by atoms with Crippen molar-refractivity contribution in [2.75, 3.05) is 24.4 Å². The van der Waals surface area contributed by atoms with E-state index in [1.54, 1.807) is 55.6 Å². The van der Waals surface area contributed by atoms with Gasteiger partial charge in [-0.25, -0.2) is 0 Å². The summed E-state index contributed by atoms with van der Waals surface area (Å²) >= 11 is 1.86. The Hall–Kier alpha value is -5.22. The molecule has 0 saturated carbocycles. The second-order valence-corrected chi connectivity index (χ2v) is 16.9. The number of hydrogen-bond donors (Lipinski definition) is 11. The monoisotopic (exact) mass is 902 g/mol. The van der Waals surface area contributed by atoms with Gasteiger partial charge in [0.2, 0.25) is 46.5 Å². The number of aliphatic hydroxyl groups excluding tert-OH is 2. The molecule has 0 bridgehead atoms. The van der Waals surface area contributed by atoms with Gasteiger partial charge in [0.25, 0.3) is 0 Å². The van der Waals surface area contributed by atoms with Gasteiger partial charge in [-0.3, -0.25) is 38.4 Å². The van der Waals surface area contributed by atoms with Crippen molar-refractivity contribution in [1.29, 1.82) is 0 Å². The molecule has 1 aliphatic heterocycles. The number of carbonyl (C=O) groups excluding carboxylic acids is 8. The van der Waals surface area contributed by atoms with Crippen molar-refractivity contribution in [3.8, 4) is 5.75 Å². The summed E-state index contributed by atoms with van der Waals surface area (Å²) in [6.07, 6.45) is 0.632. The van der Waals surface area contributed by atoms with Crippen LogP contribution in [0.1, 0.15) is 45.2 Å². The van der Waals surface area contributed by atoms with Gasteiger partial charge in [-0.05, 0) is 55.7 Å². The van der Waals surface area contributed by atoms with Gasteiger partial charge in [0.05, 0.1) is 18.8 Å². The highest BCUT2D eigenvalue weighted by atomic mass is 32.2. The van der Waals surface area contributed by atoms with Crippen LogP contribution in [0.2, 0.25) is 0 Å². The van der Waals surface area contributed by atoms with Crippen LogP contribution >= 0.6 is 23.5 Å². The molecule has 3 rings (SSSR count). The van der Waals surface area contributed by atoms with Gasteiger partial charge in [0.15, 0.2) is 0 Å². The minimum absolute atomic E-state index is 0.00709. The van der Waals surface area contributed by atoms with Gasteiger partial charge in [0, 0.05) is 17.9 Å². The Morgan fingerprint density at radius 2 is 1.48 bits per heavy atom. The maximum absolute atomic E-state index is 13.9. The third-order valence-corrected chi connectivity index (χ3v) is 11.8. The maximum Gasteiger partial charge on any atom is 0.245 e. The van der Waals surface area contributed by atoms with Crippen LogP contribution in [0.25, 0.3) is 0 Å². The lowest BCUT2D eigenvalue weighted by atomic mass is 9.96. The molecule has 62 heavy (non-hydrogen) atoms. The molecule has 19 nitrogen and oxygen atoms in total. The zero-order chi connectivity index (χ0) is 46.1. The number of phenols is 1. The molecule has 7 amide bonds. The number of nitrogens with one attached hydrogen (secondary N) is 7. The average molecular weight is 903 g/mol. The topological polar surface area (TPSA) is 307 Å². The van der Waals surface area contributed by atoms with E-state index in [0.29, 0.717) is 29.3 Å². The summed E-state index contributed by atoms with van der Waals surface area (Å²) in [5.74, 6) is -6.75. The number of benzene rings is 2. The highest BCUT2D eigenvalue weighted by Gasteiger charge is 2.37. The second-order valence-electron chi connectivity index (χ2n) is 15.0. The van der Waals surface area contributed by atoms with Gasteiger partial charge in [-0.15, -0.1) is 0 Å². The van der Waals surface area contributed by atoms with Crippen molar-refractivity contribution < 1.29 is 53.7 Å². The summed E-state index contributed by atoms with van der Waals surface area (Å²) < 4.78 is 0. The van der Waals surface area contributed by atoms with Crippen molar-refractivity contribution in [2.45, 2.75) is 101 Å². The second kappa shape index (κ2) is 25.0. The first-order valence-electron chi connectivity index (χ1n) is 20.0. The Labute approximate surface area is 368 Å². The van der Waals surface area contributed by atoms with Crippen LogP contribution in [-0.2, 0) is 51.2 Å². The van der Waals surface area contributed by atoms with Gasteiger partial charge >= 0.3 is 0 Å². The zero-order valence-corrected chi connectivity index (χ0v) is 36.8. The number of thioether (sulfide) groups is 2. The number of carbonyl (C=O) groups is 8. The van der Waals surface area contributed by atoms with Gasteiger partial charge in [0.1, 0.15) is 48.0 Å². The standard InChI is InChI=1S/C41H58N8O11S2/c1-6-21(2)32-39(58)47-31(19-61-5)41(60)62-20-30(38(57)43-22(3)34(53)44-28(36(55)48-32)17-24-10-8-7-9-11-24)46-40(59)33(23(4)51)49-37(56)29(18-50)45-35(54)27(42)16-25-12-14-26(52)15-13-25/h7-15,21-23,27-33,50-52H,6,16-20,42H2,1-5H3,(H,43,57)(H,44,53)(H,45,54)(H,46,59)(H,47,58)(H,48,55)(H,49,56)/t21-,22-,23+,27-,28-,29-,30-,31-,32-,33-/m0/s1. The summed E-state index contributed by atoms with van der Waals surface area (Å²) in [5.41, 5.74) is 7.30. The Morgan fingerprint density at radius 3 is 2.08 bits per heavy atom. The summed E-state index contributed by atoms with van der Waals surface area (Å²) in [5, 5.41) is 47.2. The Bertz CT molecular complexity index is 1870. The number of aliphatic hydroxyl groups is 2. The lowest BCUT2D eigenvalue weighted by Crippen LogP contribution is -2.62. The highest BCUT2D eigenvalue weighted by molar-refractivity contribution is 8.13. The summed E-state index contributed by atoms with van der Waals surface area (Å²) in [4.78, 5) is 109. The number of rotatable bonds is 16. The van der Waals surface area contributed by atoms with Gasteiger partial charge in [-0.1, -0.05) is 74.5 Å². The SMILES string of the molecule is CC[C@H](C)[C@@H]1NC(=O)[C@H](Cc2ccccc2)NC(=O)[C@H](C)NC(=O)[C@@H](NC(=O)[C@@H](NC(=O)[C@H](CO)NC(=O)[C@@H](N)Cc2ccc(O)cc2)[C@@H](C)O)CSC(=O)[C@H](CSC)NC1=O. The van der Waals surface area contributed by atoms with Crippen molar-refractivity contribution in [2.24, 2.45) is 11.7 Å². The van der Waals surface area contributed by atoms with Crippen LogP contribution in [0.4, 0.5) is 0 Å². The van der Waals surface area contributed by atoms with Crippen LogP contribution < -0.4 is 43.0 Å². The molecular weight excluding hydrogens is 845 g/mol. The minimum Gasteiger partial charge on any atom is -0.508 e. The van der Waals surface area contributed by atoms with Crippen LogP contribution in [0, 0.1) is 5.92 Å². The van der Waals surface area contributed by atoms with E-state index in [1.807, 2.05) is 6.92 Å². The minimum atomic E-state index is -1.77. The number of aromatic hydroxyl groups is 1. The predicted molar refractivity (Wildman–Crippen MR) is 233 cm³/mol. The molecule has 2 aromatic carbocycles. The predicted octanol–water partition coefficient (Wildman–Crippen LogP) is -2.03. The number of amides is 7. The molecule has 0 aliphatic carbocycles. The third kappa shape index (κ3) is 15.6. The molecule has 12 N–H and O–H groups in total. The fourth-order valence-electron chi connectivity index (χ4n) is 6.11. The molecule has 10 atom stereocenters. The molecule has 1 saturated heterocycles. The first kappa shape index (κ1) is 51.1. The summed E-state index contributed by atoms with van der Waals surface area (Å²) in [6.45, 7) is 5.17. The molecule has 0 spiro atoms. The number of phenolic OH excluding ortho intramolecular Hbond substituents is 1. The lowest BCUT2D eigenvalue weighted by Gasteiger charge is -2.30. The van der Waals surface area contributed by atoms with Crippen LogP contribution in [0.15, 0.2) is 54.6 Å².